The molecule has 1 N–H and O–H groups in total. The number of ether oxygens (including phenoxy) is 1. The predicted octanol–water partition coefficient (Wildman–Crippen LogP) is 2.88. The van der Waals surface area contributed by atoms with Gasteiger partial charge in [-0.1, -0.05) is 76.5 Å². The summed E-state index contributed by atoms with van der Waals surface area (Å²) in [5.41, 5.74) is 0.838. The summed E-state index contributed by atoms with van der Waals surface area (Å²) in [4.78, 5) is -0.276. The average Bonchev–Trinajstić information content (AvgIpc) is 2.67. The molecule has 30 heavy (non-hydrogen) atoms. The molecule has 2 aromatic rings. The molecule has 0 heterocycles. The molecule has 2 rings (SSSR count). The first-order chi connectivity index (χ1) is 13.9. The van der Waals surface area contributed by atoms with E-state index < -0.39 is 10.1 Å². The van der Waals surface area contributed by atoms with Crippen LogP contribution < -0.4 is 61.2 Å². The molecule has 5 nitrogen and oxygen atoms in total. The van der Waals surface area contributed by atoms with Gasteiger partial charge in [-0.3, -0.25) is 4.55 Å². The number of aryl methyl sites for hydroxylation is 1. The first-order valence-electron chi connectivity index (χ1n) is 10.5. The molecule has 0 aromatic heterocycles. The van der Waals surface area contributed by atoms with Gasteiger partial charge in [0.15, 0.2) is 0 Å². The summed E-state index contributed by atoms with van der Waals surface area (Å²) in [6, 6.07) is 10.5. The Hall–Kier alpha value is -0.414. The summed E-state index contributed by atoms with van der Waals surface area (Å²) < 4.78 is 38.7. The van der Waals surface area contributed by atoms with E-state index in [4.69, 9.17) is 4.74 Å². The number of hydrogen-bond donors (Lipinski definition) is 1. The zero-order valence-electron chi connectivity index (χ0n) is 18.1. The summed E-state index contributed by atoms with van der Waals surface area (Å²) in [6.07, 6.45) is 11.7. The van der Waals surface area contributed by atoms with Crippen molar-refractivity contribution in [2.45, 2.75) is 76.0 Å². The molecule has 0 fully saturated rings. The van der Waals surface area contributed by atoms with Crippen molar-refractivity contribution in [3.8, 4) is 17.2 Å². The first-order valence-corrected chi connectivity index (χ1v) is 11.9. The van der Waals surface area contributed by atoms with Gasteiger partial charge in [0.25, 0.3) is 10.1 Å². The fourth-order valence-corrected chi connectivity index (χ4v) is 3.96. The smallest absolute Gasteiger partial charge is 0.872 e. The van der Waals surface area contributed by atoms with Crippen LogP contribution in [0.4, 0.5) is 0 Å². The summed E-state index contributed by atoms with van der Waals surface area (Å²) in [6.45, 7) is 2.22. The van der Waals surface area contributed by atoms with Crippen LogP contribution in [-0.2, 0) is 16.5 Å². The second kappa shape index (κ2) is 14.6. The van der Waals surface area contributed by atoms with Gasteiger partial charge in [-0.2, -0.15) is 8.42 Å². The Kier molecular flexibility index (Phi) is 13.5. The van der Waals surface area contributed by atoms with E-state index in [1.165, 1.54) is 75.3 Å². The molecule has 0 atom stereocenters. The van der Waals surface area contributed by atoms with E-state index in [-0.39, 0.29) is 73.5 Å². The van der Waals surface area contributed by atoms with Crippen LogP contribution in [0.2, 0.25) is 0 Å². The zero-order chi connectivity index (χ0) is 21.1. The van der Waals surface area contributed by atoms with E-state index in [0.29, 0.717) is 0 Å². The number of hydrogen-bond acceptors (Lipinski definition) is 4. The maximum Gasteiger partial charge on any atom is 1.00 e. The number of unbranched alkanes of at least 4 members (excludes halogenated alkanes) is 8. The zero-order valence-corrected chi connectivity index (χ0v) is 22.0. The molecule has 0 saturated carbocycles. The second-order valence-corrected chi connectivity index (χ2v) is 8.80. The van der Waals surface area contributed by atoms with E-state index in [1.54, 1.807) is 12.1 Å². The third-order valence-corrected chi connectivity index (χ3v) is 5.76. The molecule has 0 aliphatic carbocycles. The van der Waals surface area contributed by atoms with Crippen molar-refractivity contribution >= 4 is 10.1 Å². The van der Waals surface area contributed by atoms with Crippen LogP contribution in [0.25, 0.3) is 0 Å². The van der Waals surface area contributed by atoms with E-state index in [0.717, 1.165) is 24.8 Å². The largest absolute Gasteiger partial charge is 1.00 e. The Labute approximate surface area is 223 Å². The van der Waals surface area contributed by atoms with Gasteiger partial charge in [0.2, 0.25) is 0 Å². The molecule has 2 aromatic carbocycles. The standard InChI is InChI=1S/C23H32O5S.K/c1-2-3-4-5-6-7-8-9-10-12-19-15-16-22(23(17-19)29(25,26)27)28-21-14-11-13-20(24)18-21;/h11,13-18,24H,2-10,12H2,1H3,(H,25,26,27);/q;+1/p-1. The molecule has 0 bridgehead atoms. The molecule has 0 spiro atoms. The SMILES string of the molecule is CCCCCCCCCCCc1ccc(Oc2cccc([O-])c2)c(S(=O)(=O)O)c1.[K+]. The molecule has 0 radical (unpaired) electrons. The van der Waals surface area contributed by atoms with E-state index in [1.807, 2.05) is 0 Å². The topological polar surface area (TPSA) is 86.7 Å². The Bertz CT molecular complexity index is 868. The molecule has 0 aliphatic heterocycles. The molecule has 0 unspecified atom stereocenters. The van der Waals surface area contributed by atoms with Crippen molar-refractivity contribution in [2.75, 3.05) is 0 Å². The maximum atomic E-state index is 11.8. The van der Waals surface area contributed by atoms with Crippen molar-refractivity contribution in [2.24, 2.45) is 0 Å². The molecule has 0 saturated heterocycles. The average molecular weight is 459 g/mol. The molecular weight excluding hydrogens is 427 g/mol. The van der Waals surface area contributed by atoms with Crippen LogP contribution in [0.1, 0.15) is 70.3 Å². The molecule has 7 heteroatoms. The van der Waals surface area contributed by atoms with E-state index in [2.05, 4.69) is 6.92 Å². The molecule has 0 amide bonds. The Balaban J connectivity index is 0.00000450. The van der Waals surface area contributed by atoms with Gasteiger partial charge < -0.3 is 9.84 Å². The van der Waals surface area contributed by atoms with E-state index in [9.17, 15) is 18.1 Å². The van der Waals surface area contributed by atoms with Crippen molar-refractivity contribution in [1.82, 2.24) is 0 Å². The quantitative estimate of drug-likeness (QED) is 0.283. The Morgan fingerprint density at radius 2 is 1.53 bits per heavy atom. The van der Waals surface area contributed by atoms with Crippen LogP contribution in [-0.4, -0.2) is 13.0 Å². The van der Waals surface area contributed by atoms with Crippen LogP contribution in [0.15, 0.2) is 47.4 Å². The first kappa shape index (κ1) is 27.6. The van der Waals surface area contributed by atoms with Gasteiger partial charge in [0.05, 0.1) is 0 Å². The summed E-state index contributed by atoms with van der Waals surface area (Å²) in [7, 11) is -4.44. The minimum absolute atomic E-state index is 0. The van der Waals surface area contributed by atoms with Crippen LogP contribution in [0.5, 0.6) is 17.2 Å². The molecule has 160 valence electrons. The van der Waals surface area contributed by atoms with Gasteiger partial charge in [-0.15, -0.1) is 5.75 Å². The van der Waals surface area contributed by atoms with Crippen molar-refractivity contribution in [3.63, 3.8) is 0 Å². The van der Waals surface area contributed by atoms with E-state index >= 15 is 0 Å². The van der Waals surface area contributed by atoms with Gasteiger partial charge in [-0.25, -0.2) is 0 Å². The Morgan fingerprint density at radius 1 is 0.900 bits per heavy atom. The van der Waals surface area contributed by atoms with Gasteiger partial charge in [-0.05, 0) is 42.7 Å². The fraction of sp³-hybridized carbons (Fsp3) is 0.478. The third-order valence-electron chi connectivity index (χ3n) is 4.89. The van der Waals surface area contributed by atoms with Crippen molar-refractivity contribution in [1.29, 1.82) is 0 Å². The summed E-state index contributed by atoms with van der Waals surface area (Å²) >= 11 is 0. The van der Waals surface area contributed by atoms with Gasteiger partial charge >= 0.3 is 51.4 Å². The number of benzene rings is 2. The summed E-state index contributed by atoms with van der Waals surface area (Å²) in [5.74, 6) is 0.000838. The van der Waals surface area contributed by atoms with Crippen LogP contribution in [0, 0.1) is 0 Å². The third kappa shape index (κ3) is 10.3. The predicted molar refractivity (Wildman–Crippen MR) is 113 cm³/mol. The summed E-state index contributed by atoms with van der Waals surface area (Å²) in [5, 5.41) is 11.4. The molecule has 0 aliphatic rings. The fourth-order valence-electron chi connectivity index (χ4n) is 3.30. The molecular formula is C23H31KO5S. The van der Waals surface area contributed by atoms with Crippen molar-refractivity contribution < 1.29 is 74.2 Å². The Morgan fingerprint density at radius 3 is 2.13 bits per heavy atom. The van der Waals surface area contributed by atoms with Crippen LogP contribution >= 0.6 is 0 Å². The van der Waals surface area contributed by atoms with Crippen molar-refractivity contribution in [3.05, 3.63) is 48.0 Å². The number of rotatable bonds is 13. The normalized spacial score (nSPS) is 11.1. The van der Waals surface area contributed by atoms with Crippen LogP contribution in [0.3, 0.4) is 0 Å². The minimum atomic E-state index is -4.44. The minimum Gasteiger partial charge on any atom is -0.872 e. The second-order valence-electron chi connectivity index (χ2n) is 7.41. The van der Waals surface area contributed by atoms with Gasteiger partial charge in [0, 0.05) is 0 Å². The van der Waals surface area contributed by atoms with Gasteiger partial charge in [0.1, 0.15) is 16.4 Å². The maximum absolute atomic E-state index is 11.8. The monoisotopic (exact) mass is 458 g/mol.